The highest BCUT2D eigenvalue weighted by Crippen LogP contribution is 2.31. The third kappa shape index (κ3) is 4.16. The standard InChI is InChI=1S/C18H29BN2O4/c1-11-14(17(22)25-18(4,5)6)12(2)16(13(3)15(11)19(23)24)21-9-7-20-8-10-21/h20,23-24H,7-10H2,1-6H3. The topological polar surface area (TPSA) is 82.0 Å². The molecule has 138 valence electrons. The smallest absolute Gasteiger partial charge is 0.456 e. The van der Waals surface area contributed by atoms with Crippen molar-refractivity contribution in [2.45, 2.75) is 47.1 Å². The van der Waals surface area contributed by atoms with Crippen molar-refractivity contribution < 1.29 is 19.6 Å². The largest absolute Gasteiger partial charge is 0.489 e. The molecule has 0 spiro atoms. The van der Waals surface area contributed by atoms with Crippen LogP contribution in [0, 0.1) is 20.8 Å². The molecule has 1 aromatic carbocycles. The first-order valence-corrected chi connectivity index (χ1v) is 8.73. The molecule has 0 atom stereocenters. The number of nitrogens with zero attached hydrogens (tertiary/aromatic N) is 1. The van der Waals surface area contributed by atoms with Crippen molar-refractivity contribution in [1.82, 2.24) is 5.32 Å². The lowest BCUT2D eigenvalue weighted by Gasteiger charge is -2.34. The van der Waals surface area contributed by atoms with Crippen LogP contribution in [0.15, 0.2) is 0 Å². The molecule has 7 heteroatoms. The van der Waals surface area contributed by atoms with Gasteiger partial charge in [0, 0.05) is 31.9 Å². The molecule has 0 aliphatic carbocycles. The number of carbonyl (C=O) groups excluding carboxylic acids is 1. The average molecular weight is 348 g/mol. The minimum Gasteiger partial charge on any atom is -0.456 e. The number of benzene rings is 1. The van der Waals surface area contributed by atoms with Crippen LogP contribution < -0.4 is 15.7 Å². The Kier molecular flexibility index (Phi) is 5.81. The van der Waals surface area contributed by atoms with Crippen LogP contribution in [0.4, 0.5) is 5.69 Å². The molecule has 0 radical (unpaired) electrons. The van der Waals surface area contributed by atoms with E-state index in [4.69, 9.17) is 4.74 Å². The maximum atomic E-state index is 12.8. The Balaban J connectivity index is 2.65. The van der Waals surface area contributed by atoms with Crippen molar-refractivity contribution in [3.63, 3.8) is 0 Å². The van der Waals surface area contributed by atoms with E-state index in [9.17, 15) is 14.8 Å². The number of rotatable bonds is 3. The second kappa shape index (κ2) is 7.36. The van der Waals surface area contributed by atoms with Crippen molar-refractivity contribution in [2.24, 2.45) is 0 Å². The molecule has 1 heterocycles. The van der Waals surface area contributed by atoms with Gasteiger partial charge in [-0.25, -0.2) is 4.79 Å². The summed E-state index contributed by atoms with van der Waals surface area (Å²) in [6.45, 7) is 14.3. The van der Waals surface area contributed by atoms with Gasteiger partial charge in [-0.1, -0.05) is 0 Å². The molecule has 6 nitrogen and oxygen atoms in total. The Morgan fingerprint density at radius 2 is 1.64 bits per heavy atom. The van der Waals surface area contributed by atoms with Crippen molar-refractivity contribution in [1.29, 1.82) is 0 Å². The molecule has 1 saturated heterocycles. The van der Waals surface area contributed by atoms with Gasteiger partial charge in [0.05, 0.1) is 5.56 Å². The Bertz CT molecular complexity index is 662. The van der Waals surface area contributed by atoms with E-state index in [1.165, 1.54) is 0 Å². The monoisotopic (exact) mass is 348 g/mol. The normalized spacial score (nSPS) is 15.3. The molecular formula is C18H29BN2O4. The van der Waals surface area contributed by atoms with Gasteiger partial charge in [-0.2, -0.15) is 0 Å². The van der Waals surface area contributed by atoms with E-state index in [-0.39, 0.29) is 0 Å². The van der Waals surface area contributed by atoms with E-state index in [1.807, 2.05) is 34.6 Å². The number of nitrogens with one attached hydrogen (secondary N) is 1. The third-order valence-electron chi connectivity index (χ3n) is 4.56. The molecule has 0 bridgehead atoms. The molecule has 0 aromatic heterocycles. The number of carbonyl (C=O) groups is 1. The lowest BCUT2D eigenvalue weighted by molar-refractivity contribution is 0.00681. The number of piperazine rings is 1. The number of hydrogen-bond acceptors (Lipinski definition) is 6. The van der Waals surface area contributed by atoms with Gasteiger partial charge in [0.15, 0.2) is 0 Å². The minimum atomic E-state index is -1.64. The zero-order valence-corrected chi connectivity index (χ0v) is 16.1. The lowest BCUT2D eigenvalue weighted by atomic mass is 9.71. The van der Waals surface area contributed by atoms with E-state index in [0.717, 1.165) is 43.0 Å². The van der Waals surface area contributed by atoms with Gasteiger partial charge < -0.3 is 25.0 Å². The van der Waals surface area contributed by atoms with Gasteiger partial charge in [0.25, 0.3) is 0 Å². The SMILES string of the molecule is Cc1c(B(O)O)c(C)c(N2CCNCC2)c(C)c1C(=O)OC(C)(C)C. The number of hydrogen-bond donors (Lipinski definition) is 3. The molecule has 25 heavy (non-hydrogen) atoms. The molecule has 1 aliphatic heterocycles. The summed E-state index contributed by atoms with van der Waals surface area (Å²) in [6, 6.07) is 0. The number of anilines is 1. The van der Waals surface area contributed by atoms with E-state index in [2.05, 4.69) is 10.2 Å². The summed E-state index contributed by atoms with van der Waals surface area (Å²) in [7, 11) is -1.64. The van der Waals surface area contributed by atoms with E-state index >= 15 is 0 Å². The van der Waals surface area contributed by atoms with E-state index < -0.39 is 18.7 Å². The van der Waals surface area contributed by atoms with Crippen molar-refractivity contribution >= 4 is 24.2 Å². The second-order valence-corrected chi connectivity index (χ2v) is 7.62. The van der Waals surface area contributed by atoms with Crippen molar-refractivity contribution in [3.05, 3.63) is 22.3 Å². The first-order valence-electron chi connectivity index (χ1n) is 8.73. The fourth-order valence-corrected chi connectivity index (χ4v) is 3.61. The van der Waals surface area contributed by atoms with Gasteiger partial charge in [0.2, 0.25) is 0 Å². The summed E-state index contributed by atoms with van der Waals surface area (Å²) in [5, 5.41) is 23.1. The molecule has 1 aromatic rings. The van der Waals surface area contributed by atoms with Crippen molar-refractivity contribution in [3.8, 4) is 0 Å². The summed E-state index contributed by atoms with van der Waals surface area (Å²) in [5.74, 6) is -0.430. The minimum absolute atomic E-state index is 0.389. The summed E-state index contributed by atoms with van der Waals surface area (Å²) >= 11 is 0. The molecule has 2 rings (SSSR count). The first kappa shape index (κ1) is 19.8. The fraction of sp³-hybridized carbons (Fsp3) is 0.611. The van der Waals surface area contributed by atoms with Crippen molar-refractivity contribution in [2.75, 3.05) is 31.1 Å². The highest BCUT2D eigenvalue weighted by atomic mass is 16.6. The Hall–Kier alpha value is -1.57. The van der Waals surface area contributed by atoms with E-state index in [1.54, 1.807) is 6.92 Å². The Labute approximate surface area is 150 Å². The first-order chi connectivity index (χ1) is 11.5. The molecular weight excluding hydrogens is 319 g/mol. The molecule has 0 unspecified atom stereocenters. The third-order valence-corrected chi connectivity index (χ3v) is 4.56. The zero-order valence-electron chi connectivity index (χ0n) is 16.1. The van der Waals surface area contributed by atoms with Crippen LogP contribution in [0.1, 0.15) is 47.8 Å². The number of ether oxygens (including phenoxy) is 1. The molecule has 0 amide bonds. The van der Waals surface area contributed by atoms with Crippen LogP contribution in [0.25, 0.3) is 0 Å². The second-order valence-electron chi connectivity index (χ2n) is 7.62. The molecule has 1 fully saturated rings. The summed E-state index contributed by atoms with van der Waals surface area (Å²) in [5.41, 5.74) is 3.30. The van der Waals surface area contributed by atoms with Crippen LogP contribution in [0.3, 0.4) is 0 Å². The van der Waals surface area contributed by atoms with Gasteiger partial charge in [-0.3, -0.25) is 0 Å². The van der Waals surface area contributed by atoms with Crippen LogP contribution in [-0.4, -0.2) is 54.9 Å². The summed E-state index contributed by atoms with van der Waals surface area (Å²) < 4.78 is 5.57. The summed E-state index contributed by atoms with van der Waals surface area (Å²) in [6.07, 6.45) is 0. The quantitative estimate of drug-likeness (QED) is 0.550. The fourth-order valence-electron chi connectivity index (χ4n) is 3.61. The molecule has 3 N–H and O–H groups in total. The average Bonchev–Trinajstić information content (AvgIpc) is 2.45. The molecule has 0 saturated carbocycles. The highest BCUT2D eigenvalue weighted by Gasteiger charge is 2.31. The van der Waals surface area contributed by atoms with E-state index in [0.29, 0.717) is 16.6 Å². The Morgan fingerprint density at radius 3 is 2.12 bits per heavy atom. The van der Waals surface area contributed by atoms with Gasteiger partial charge in [0.1, 0.15) is 5.60 Å². The highest BCUT2D eigenvalue weighted by molar-refractivity contribution is 6.60. The van der Waals surface area contributed by atoms with Crippen LogP contribution in [-0.2, 0) is 4.74 Å². The Morgan fingerprint density at radius 1 is 1.08 bits per heavy atom. The number of esters is 1. The van der Waals surface area contributed by atoms with Gasteiger partial charge in [-0.15, -0.1) is 0 Å². The van der Waals surface area contributed by atoms with Crippen LogP contribution >= 0.6 is 0 Å². The maximum Gasteiger partial charge on any atom is 0.489 e. The van der Waals surface area contributed by atoms with Gasteiger partial charge >= 0.3 is 13.1 Å². The predicted molar refractivity (Wildman–Crippen MR) is 101 cm³/mol. The van der Waals surface area contributed by atoms with Gasteiger partial charge in [-0.05, 0) is 63.7 Å². The predicted octanol–water partition coefficient (Wildman–Crippen LogP) is 0.657. The zero-order chi connectivity index (χ0) is 18.9. The lowest BCUT2D eigenvalue weighted by Crippen LogP contribution is -2.46. The summed E-state index contributed by atoms with van der Waals surface area (Å²) in [4.78, 5) is 15.0. The molecule has 1 aliphatic rings. The maximum absolute atomic E-state index is 12.8. The van der Waals surface area contributed by atoms with Crippen LogP contribution in [0.5, 0.6) is 0 Å². The van der Waals surface area contributed by atoms with Crippen LogP contribution in [0.2, 0.25) is 0 Å².